The molecule has 0 radical (unpaired) electrons. The van der Waals surface area contributed by atoms with Crippen molar-refractivity contribution in [3.63, 3.8) is 0 Å². The van der Waals surface area contributed by atoms with Gasteiger partial charge in [-0.25, -0.2) is 5.01 Å². The summed E-state index contributed by atoms with van der Waals surface area (Å²) in [6, 6.07) is 12.5. The van der Waals surface area contributed by atoms with Gasteiger partial charge in [0, 0.05) is 0 Å². The van der Waals surface area contributed by atoms with Crippen molar-refractivity contribution in [3.8, 4) is 0 Å². The molecule has 2 aromatic rings. The summed E-state index contributed by atoms with van der Waals surface area (Å²) >= 11 is 11.1. The molecule has 0 heterocycles. The maximum absolute atomic E-state index is 12.4. The lowest BCUT2D eigenvalue weighted by molar-refractivity contribution is 0.0955. The lowest BCUT2D eigenvalue weighted by atomic mass is 10.1. The van der Waals surface area contributed by atoms with Crippen molar-refractivity contribution < 1.29 is 4.79 Å². The molecule has 0 aromatic heterocycles. The molecular formula is C16H16ClN3OS. The Labute approximate surface area is 139 Å². The van der Waals surface area contributed by atoms with Crippen molar-refractivity contribution in [1.29, 1.82) is 0 Å². The minimum absolute atomic E-state index is 0.0501. The van der Waals surface area contributed by atoms with Gasteiger partial charge in [0.25, 0.3) is 5.91 Å². The molecule has 0 bridgehead atoms. The summed E-state index contributed by atoms with van der Waals surface area (Å²) < 4.78 is 0. The monoisotopic (exact) mass is 333 g/mol. The van der Waals surface area contributed by atoms with Gasteiger partial charge in [0.05, 0.1) is 16.3 Å². The average molecular weight is 334 g/mol. The molecule has 0 fully saturated rings. The highest BCUT2D eigenvalue weighted by molar-refractivity contribution is 7.80. The number of anilines is 1. The molecular weight excluding hydrogens is 318 g/mol. The molecule has 0 unspecified atom stereocenters. The van der Waals surface area contributed by atoms with E-state index in [1.807, 2.05) is 32.0 Å². The third-order valence-electron chi connectivity index (χ3n) is 3.37. The molecule has 0 aliphatic heterocycles. The summed E-state index contributed by atoms with van der Waals surface area (Å²) in [6.45, 7) is 3.92. The third-order valence-corrected chi connectivity index (χ3v) is 3.88. The molecule has 2 aromatic carbocycles. The van der Waals surface area contributed by atoms with E-state index < -0.39 is 0 Å². The molecule has 2 rings (SSSR count). The first-order chi connectivity index (χ1) is 10.4. The minimum Gasteiger partial charge on any atom is -0.374 e. The number of aryl methyl sites for hydroxylation is 1. The van der Waals surface area contributed by atoms with E-state index in [1.54, 1.807) is 24.3 Å². The maximum Gasteiger partial charge on any atom is 0.271 e. The highest BCUT2D eigenvalue weighted by Gasteiger charge is 2.18. The van der Waals surface area contributed by atoms with Gasteiger partial charge < -0.3 is 5.73 Å². The minimum atomic E-state index is -0.376. The number of hydrogen-bond donors (Lipinski definition) is 2. The first-order valence-electron chi connectivity index (χ1n) is 6.63. The van der Waals surface area contributed by atoms with Crippen LogP contribution >= 0.6 is 23.8 Å². The Morgan fingerprint density at radius 3 is 2.50 bits per heavy atom. The molecule has 0 aliphatic rings. The van der Waals surface area contributed by atoms with E-state index in [2.05, 4.69) is 5.43 Å². The molecule has 0 saturated heterocycles. The second kappa shape index (κ2) is 6.77. The van der Waals surface area contributed by atoms with Crippen molar-refractivity contribution in [1.82, 2.24) is 5.43 Å². The molecule has 6 heteroatoms. The largest absolute Gasteiger partial charge is 0.374 e. The van der Waals surface area contributed by atoms with Gasteiger partial charge in [-0.1, -0.05) is 35.9 Å². The van der Waals surface area contributed by atoms with Crippen LogP contribution in [0, 0.1) is 13.8 Å². The van der Waals surface area contributed by atoms with Gasteiger partial charge in [0.15, 0.2) is 5.11 Å². The Balaban J connectivity index is 2.34. The molecule has 1 amide bonds. The summed E-state index contributed by atoms with van der Waals surface area (Å²) in [7, 11) is 0. The number of halogens is 1. The quantitative estimate of drug-likeness (QED) is 0.653. The number of rotatable bonds is 2. The zero-order valence-corrected chi connectivity index (χ0v) is 13.8. The van der Waals surface area contributed by atoms with Gasteiger partial charge in [-0.15, -0.1) is 0 Å². The van der Waals surface area contributed by atoms with Crippen molar-refractivity contribution in [2.24, 2.45) is 5.73 Å². The van der Waals surface area contributed by atoms with Crippen molar-refractivity contribution in [2.45, 2.75) is 13.8 Å². The van der Waals surface area contributed by atoms with Crippen LogP contribution in [-0.4, -0.2) is 11.0 Å². The second-order valence-electron chi connectivity index (χ2n) is 4.81. The van der Waals surface area contributed by atoms with Crippen LogP contribution in [0.4, 0.5) is 5.69 Å². The topological polar surface area (TPSA) is 58.4 Å². The fourth-order valence-corrected chi connectivity index (χ4v) is 2.38. The van der Waals surface area contributed by atoms with E-state index >= 15 is 0 Å². The van der Waals surface area contributed by atoms with E-state index in [1.165, 1.54) is 5.01 Å². The van der Waals surface area contributed by atoms with Crippen LogP contribution in [0.15, 0.2) is 42.5 Å². The number of carbonyl (C=O) groups is 1. The zero-order chi connectivity index (χ0) is 16.3. The van der Waals surface area contributed by atoms with Crippen molar-refractivity contribution in [3.05, 3.63) is 64.2 Å². The van der Waals surface area contributed by atoms with Gasteiger partial charge in [-0.2, -0.15) is 0 Å². The predicted molar refractivity (Wildman–Crippen MR) is 94.1 cm³/mol. The third kappa shape index (κ3) is 3.37. The summed E-state index contributed by atoms with van der Waals surface area (Å²) in [5, 5.41) is 1.81. The van der Waals surface area contributed by atoms with E-state index in [0.29, 0.717) is 10.6 Å². The SMILES string of the molecule is Cc1cccc(N(NC(=O)c2ccccc2Cl)C(N)=S)c1C. The second-order valence-corrected chi connectivity index (χ2v) is 5.64. The summed E-state index contributed by atoms with van der Waals surface area (Å²) in [5.74, 6) is -0.376. The Bertz CT molecular complexity index is 733. The molecule has 0 atom stereocenters. The van der Waals surface area contributed by atoms with Crippen LogP contribution in [-0.2, 0) is 0 Å². The number of hydrogen-bond acceptors (Lipinski definition) is 2. The molecule has 22 heavy (non-hydrogen) atoms. The number of carbonyl (C=O) groups excluding carboxylic acids is 1. The predicted octanol–water partition coefficient (Wildman–Crippen LogP) is 3.35. The van der Waals surface area contributed by atoms with Gasteiger partial charge in [-0.3, -0.25) is 10.2 Å². The number of amides is 1. The normalized spacial score (nSPS) is 10.1. The molecule has 0 saturated carbocycles. The van der Waals surface area contributed by atoms with E-state index in [0.717, 1.165) is 16.8 Å². The van der Waals surface area contributed by atoms with Crippen LogP contribution in [0.2, 0.25) is 5.02 Å². The van der Waals surface area contributed by atoms with Crippen LogP contribution in [0.25, 0.3) is 0 Å². The van der Waals surface area contributed by atoms with Gasteiger partial charge in [0.1, 0.15) is 0 Å². The van der Waals surface area contributed by atoms with Gasteiger partial charge in [0.2, 0.25) is 0 Å². The lowest BCUT2D eigenvalue weighted by Crippen LogP contribution is -2.49. The van der Waals surface area contributed by atoms with Crippen LogP contribution < -0.4 is 16.2 Å². The van der Waals surface area contributed by atoms with Gasteiger partial charge in [-0.05, 0) is 55.4 Å². The van der Waals surface area contributed by atoms with Gasteiger partial charge >= 0.3 is 0 Å². The standard InChI is InChI=1S/C16H16ClN3OS/c1-10-6-5-9-14(11(10)2)20(16(18)22)19-15(21)12-7-3-4-8-13(12)17/h3-9H,1-2H3,(H2,18,22)(H,19,21). The lowest BCUT2D eigenvalue weighted by Gasteiger charge is -2.25. The number of thiocarbonyl (C=S) groups is 1. The highest BCUT2D eigenvalue weighted by atomic mass is 35.5. The number of hydrazine groups is 1. The first-order valence-corrected chi connectivity index (χ1v) is 7.41. The van der Waals surface area contributed by atoms with E-state index in [9.17, 15) is 4.79 Å². The van der Waals surface area contributed by atoms with Crippen molar-refractivity contribution >= 4 is 40.5 Å². The van der Waals surface area contributed by atoms with Crippen molar-refractivity contribution in [2.75, 3.05) is 5.01 Å². The first kappa shape index (κ1) is 16.3. The Hall–Kier alpha value is -2.11. The number of nitrogens with one attached hydrogen (secondary N) is 1. The smallest absolute Gasteiger partial charge is 0.271 e. The molecule has 4 nitrogen and oxygen atoms in total. The average Bonchev–Trinajstić information content (AvgIpc) is 2.48. The Kier molecular flexibility index (Phi) is 5.00. The fraction of sp³-hybridized carbons (Fsp3) is 0.125. The zero-order valence-electron chi connectivity index (χ0n) is 12.3. The summed E-state index contributed by atoms with van der Waals surface area (Å²) in [6.07, 6.45) is 0. The molecule has 114 valence electrons. The molecule has 0 aliphatic carbocycles. The summed E-state index contributed by atoms with van der Waals surface area (Å²) in [4.78, 5) is 12.4. The van der Waals surface area contributed by atoms with Crippen LogP contribution in [0.5, 0.6) is 0 Å². The van der Waals surface area contributed by atoms with Crippen LogP contribution in [0.3, 0.4) is 0 Å². The molecule has 0 spiro atoms. The number of nitrogens with two attached hydrogens (primary N) is 1. The number of benzene rings is 2. The highest BCUT2D eigenvalue weighted by Crippen LogP contribution is 2.22. The van der Waals surface area contributed by atoms with E-state index in [-0.39, 0.29) is 11.0 Å². The number of nitrogens with zero attached hydrogens (tertiary/aromatic N) is 1. The Morgan fingerprint density at radius 1 is 1.18 bits per heavy atom. The Morgan fingerprint density at radius 2 is 1.86 bits per heavy atom. The van der Waals surface area contributed by atoms with Crippen LogP contribution in [0.1, 0.15) is 21.5 Å². The van der Waals surface area contributed by atoms with E-state index in [4.69, 9.17) is 29.6 Å². The molecule has 3 N–H and O–H groups in total. The summed E-state index contributed by atoms with van der Waals surface area (Å²) in [5.41, 5.74) is 11.6. The fourth-order valence-electron chi connectivity index (χ4n) is 2.02. The maximum atomic E-state index is 12.4.